The van der Waals surface area contributed by atoms with Crippen LogP contribution >= 0.6 is 0 Å². The number of imidazole rings is 1. The third-order valence-corrected chi connectivity index (χ3v) is 7.44. The maximum absolute atomic E-state index is 14.7. The number of methoxy groups -OCH3 is 1. The van der Waals surface area contributed by atoms with Crippen molar-refractivity contribution in [3.05, 3.63) is 24.3 Å². The molecule has 11 nitrogen and oxygen atoms in total. The number of halogens is 1. The van der Waals surface area contributed by atoms with Crippen LogP contribution in [0.25, 0.3) is 17.0 Å². The number of sulfonamides is 1. The van der Waals surface area contributed by atoms with Gasteiger partial charge in [0.1, 0.15) is 11.4 Å². The van der Waals surface area contributed by atoms with Crippen LogP contribution in [0.15, 0.2) is 18.5 Å². The molecule has 0 spiro atoms. The van der Waals surface area contributed by atoms with Crippen LogP contribution < -0.4 is 19.7 Å². The van der Waals surface area contributed by atoms with E-state index < -0.39 is 15.8 Å². The van der Waals surface area contributed by atoms with Gasteiger partial charge in [-0.2, -0.15) is 0 Å². The number of hydrogen-bond donors (Lipinski definition) is 2. The Morgan fingerprint density at radius 1 is 1.28 bits per heavy atom. The van der Waals surface area contributed by atoms with E-state index in [-0.39, 0.29) is 34.7 Å². The molecule has 170 valence electrons. The van der Waals surface area contributed by atoms with Crippen molar-refractivity contribution in [2.24, 2.45) is 0 Å². The molecule has 3 aromatic heterocycles. The van der Waals surface area contributed by atoms with Gasteiger partial charge in [0.05, 0.1) is 25.3 Å². The summed E-state index contributed by atoms with van der Waals surface area (Å²) >= 11 is 0. The van der Waals surface area contributed by atoms with Crippen LogP contribution in [-0.2, 0) is 10.0 Å². The summed E-state index contributed by atoms with van der Waals surface area (Å²) < 4.78 is 47.6. The maximum atomic E-state index is 14.7. The summed E-state index contributed by atoms with van der Waals surface area (Å²) in [5.74, 6) is 0.124. The van der Waals surface area contributed by atoms with Gasteiger partial charge in [-0.05, 0) is 25.8 Å². The van der Waals surface area contributed by atoms with Crippen molar-refractivity contribution in [1.29, 1.82) is 0 Å². The number of aromatic nitrogens is 5. The largest absolute Gasteiger partial charge is 0.493 e. The highest BCUT2D eigenvalue weighted by molar-refractivity contribution is 7.93. The molecule has 2 aliphatic rings. The first-order valence-corrected chi connectivity index (χ1v) is 12.0. The SMILES string of the molecule is COc1cc2ncc(-c3nc(N[C@@H]4CCCNC4)ncc3F)n2nc1N1CCCS1(=O)=O. The molecule has 5 rings (SSSR count). The van der Waals surface area contributed by atoms with Gasteiger partial charge in [0.15, 0.2) is 17.2 Å². The van der Waals surface area contributed by atoms with Gasteiger partial charge in [0, 0.05) is 25.2 Å². The Kier molecular flexibility index (Phi) is 5.29. The second-order valence-corrected chi connectivity index (χ2v) is 9.78. The van der Waals surface area contributed by atoms with Crippen LogP contribution in [0.2, 0.25) is 0 Å². The van der Waals surface area contributed by atoms with E-state index in [0.717, 1.165) is 32.1 Å². The van der Waals surface area contributed by atoms with Crippen molar-refractivity contribution in [1.82, 2.24) is 29.9 Å². The van der Waals surface area contributed by atoms with Crippen LogP contribution in [0, 0.1) is 5.82 Å². The van der Waals surface area contributed by atoms with Gasteiger partial charge in [-0.3, -0.25) is 0 Å². The first-order valence-electron chi connectivity index (χ1n) is 10.4. The Balaban J connectivity index is 1.57. The molecule has 3 aromatic rings. The number of anilines is 2. The van der Waals surface area contributed by atoms with Crippen LogP contribution in [-0.4, -0.2) is 71.5 Å². The highest BCUT2D eigenvalue weighted by Gasteiger charge is 2.33. The fourth-order valence-electron chi connectivity index (χ4n) is 4.03. The quantitative estimate of drug-likeness (QED) is 0.572. The van der Waals surface area contributed by atoms with Gasteiger partial charge in [0.25, 0.3) is 0 Å². The van der Waals surface area contributed by atoms with E-state index in [1.165, 1.54) is 22.1 Å². The van der Waals surface area contributed by atoms with Crippen LogP contribution in [0.4, 0.5) is 16.2 Å². The van der Waals surface area contributed by atoms with Gasteiger partial charge < -0.3 is 15.4 Å². The molecule has 0 amide bonds. The Morgan fingerprint density at radius 2 is 2.16 bits per heavy atom. The van der Waals surface area contributed by atoms with Gasteiger partial charge in [0.2, 0.25) is 21.8 Å². The lowest BCUT2D eigenvalue weighted by Crippen LogP contribution is -2.38. The number of nitrogens with zero attached hydrogens (tertiary/aromatic N) is 6. The standard InChI is InChI=1S/C19H23FN8O3S/c1-31-15-8-16-22-11-14(28(16)26-18(15)27-6-3-7-32(27,29)30)17-13(20)10-23-19(25-17)24-12-4-2-5-21-9-12/h8,10-12,21H,2-7,9H2,1H3,(H,23,24,25)/t12-/m1/s1. The van der Waals surface area contributed by atoms with Crippen LogP contribution in [0.3, 0.4) is 0 Å². The molecule has 0 radical (unpaired) electrons. The number of hydrogen-bond acceptors (Lipinski definition) is 9. The zero-order valence-corrected chi connectivity index (χ0v) is 18.3. The van der Waals surface area contributed by atoms with Crippen molar-refractivity contribution in [2.45, 2.75) is 25.3 Å². The normalized spacial score (nSPS) is 20.6. The minimum absolute atomic E-state index is 0.0201. The number of ether oxygens (including phenoxy) is 1. The second-order valence-electron chi connectivity index (χ2n) is 7.77. The fraction of sp³-hybridized carbons (Fsp3) is 0.474. The van der Waals surface area contributed by atoms with Gasteiger partial charge >= 0.3 is 0 Å². The maximum Gasteiger partial charge on any atom is 0.236 e. The summed E-state index contributed by atoms with van der Waals surface area (Å²) in [6.45, 7) is 2.05. The zero-order chi connectivity index (χ0) is 22.3. The average molecular weight is 463 g/mol. The smallest absolute Gasteiger partial charge is 0.236 e. The van der Waals surface area contributed by atoms with Crippen molar-refractivity contribution in [3.8, 4) is 17.1 Å². The van der Waals surface area contributed by atoms with E-state index in [4.69, 9.17) is 4.74 Å². The summed E-state index contributed by atoms with van der Waals surface area (Å²) in [5, 5.41) is 11.0. The van der Waals surface area contributed by atoms with Gasteiger partial charge in [-0.1, -0.05) is 0 Å². The molecule has 5 heterocycles. The van der Waals surface area contributed by atoms with E-state index in [1.807, 2.05) is 0 Å². The molecule has 2 saturated heterocycles. The van der Waals surface area contributed by atoms with Crippen molar-refractivity contribution >= 4 is 27.4 Å². The molecular weight excluding hydrogens is 439 g/mol. The van der Waals surface area contributed by atoms with E-state index in [2.05, 4.69) is 30.7 Å². The number of rotatable bonds is 5. The molecule has 1 atom stereocenters. The Labute approximate surface area is 184 Å². The van der Waals surface area contributed by atoms with Crippen LogP contribution in [0.1, 0.15) is 19.3 Å². The summed E-state index contributed by atoms with van der Waals surface area (Å²) in [5.41, 5.74) is 0.679. The molecular formula is C19H23FN8O3S. The first kappa shape index (κ1) is 20.8. The summed E-state index contributed by atoms with van der Waals surface area (Å²) in [6.07, 6.45) is 5.05. The summed E-state index contributed by atoms with van der Waals surface area (Å²) in [7, 11) is -2.06. The number of fused-ring (bicyclic) bond motifs is 1. The highest BCUT2D eigenvalue weighted by Crippen LogP contribution is 2.33. The lowest BCUT2D eigenvalue weighted by atomic mass is 10.1. The molecule has 0 aliphatic carbocycles. The minimum Gasteiger partial charge on any atom is -0.493 e. The monoisotopic (exact) mass is 462 g/mol. The molecule has 2 N–H and O–H groups in total. The number of piperidine rings is 1. The minimum atomic E-state index is -3.49. The highest BCUT2D eigenvalue weighted by atomic mass is 32.2. The Hall–Kier alpha value is -3.06. The zero-order valence-electron chi connectivity index (χ0n) is 17.5. The molecule has 32 heavy (non-hydrogen) atoms. The van der Waals surface area contributed by atoms with E-state index in [1.54, 1.807) is 6.07 Å². The van der Waals surface area contributed by atoms with Crippen molar-refractivity contribution < 1.29 is 17.5 Å². The first-order chi connectivity index (χ1) is 15.5. The summed E-state index contributed by atoms with van der Waals surface area (Å²) in [4.78, 5) is 12.7. The van der Waals surface area contributed by atoms with Gasteiger partial charge in [-0.15, -0.1) is 5.10 Å². The van der Waals surface area contributed by atoms with Crippen molar-refractivity contribution in [2.75, 3.05) is 42.1 Å². The van der Waals surface area contributed by atoms with E-state index >= 15 is 0 Å². The molecule has 0 unspecified atom stereocenters. The third kappa shape index (κ3) is 3.71. The fourth-order valence-corrected chi connectivity index (χ4v) is 5.54. The predicted molar refractivity (Wildman–Crippen MR) is 116 cm³/mol. The second kappa shape index (κ2) is 8.13. The molecule has 0 bridgehead atoms. The molecule has 13 heteroatoms. The molecule has 0 saturated carbocycles. The average Bonchev–Trinajstić information content (AvgIpc) is 3.36. The molecule has 0 aromatic carbocycles. The molecule has 2 fully saturated rings. The summed E-state index contributed by atoms with van der Waals surface area (Å²) in [6, 6.07) is 1.73. The van der Waals surface area contributed by atoms with Crippen LogP contribution in [0.5, 0.6) is 5.75 Å². The predicted octanol–water partition coefficient (Wildman–Crippen LogP) is 1.04. The Bertz CT molecular complexity index is 1260. The number of nitrogens with one attached hydrogen (secondary N) is 2. The van der Waals surface area contributed by atoms with Crippen molar-refractivity contribution in [3.63, 3.8) is 0 Å². The molecule has 2 aliphatic heterocycles. The third-order valence-electron chi connectivity index (χ3n) is 5.61. The lowest BCUT2D eigenvalue weighted by molar-refractivity contribution is 0.413. The van der Waals surface area contributed by atoms with Gasteiger partial charge in [-0.25, -0.2) is 36.6 Å². The topological polar surface area (TPSA) is 127 Å². The van der Waals surface area contributed by atoms with E-state index in [9.17, 15) is 12.8 Å². The Morgan fingerprint density at radius 3 is 2.88 bits per heavy atom. The lowest BCUT2D eigenvalue weighted by Gasteiger charge is -2.23. The van der Waals surface area contributed by atoms with E-state index in [0.29, 0.717) is 24.6 Å².